The van der Waals surface area contributed by atoms with Crippen molar-refractivity contribution in [3.8, 4) is 0 Å². The molecule has 0 atom stereocenters. The van der Waals surface area contributed by atoms with Gasteiger partial charge in [0.25, 0.3) is 0 Å². The van der Waals surface area contributed by atoms with Gasteiger partial charge in [0.15, 0.2) is 0 Å². The number of carboxylic acids is 1. The highest BCUT2D eigenvalue weighted by Crippen LogP contribution is 2.21. The van der Waals surface area contributed by atoms with Crippen LogP contribution in [0, 0.1) is 5.41 Å². The van der Waals surface area contributed by atoms with Gasteiger partial charge in [-0.3, -0.25) is 4.79 Å². The summed E-state index contributed by atoms with van der Waals surface area (Å²) in [6, 6.07) is 0. The number of hydrogen-bond donors (Lipinski definition) is 2. The molecule has 0 aromatic carbocycles. The lowest BCUT2D eigenvalue weighted by molar-refractivity contribution is -0.148. The van der Waals surface area contributed by atoms with E-state index in [9.17, 15) is 4.79 Å². The molecule has 0 aromatic heterocycles. The summed E-state index contributed by atoms with van der Waals surface area (Å²) in [6.45, 7) is 8.01. The Bertz CT molecular complexity index is 200. The molecule has 0 saturated heterocycles. The highest BCUT2D eigenvalue weighted by molar-refractivity contribution is 5.73. The molecule has 0 aliphatic heterocycles. The highest BCUT2D eigenvalue weighted by Gasteiger charge is 2.27. The van der Waals surface area contributed by atoms with Crippen LogP contribution in [0.4, 0.5) is 0 Å². The molecule has 0 bridgehead atoms. The molecule has 4 heteroatoms. The summed E-state index contributed by atoms with van der Waals surface area (Å²) < 4.78 is 5.48. The van der Waals surface area contributed by atoms with Crippen LogP contribution in [-0.2, 0) is 9.53 Å². The third-order valence-electron chi connectivity index (χ3n) is 2.29. The number of aliphatic carboxylic acids is 1. The third kappa shape index (κ3) is 4.58. The molecule has 0 aromatic rings. The molecular formula is C10H21NO3. The average Bonchev–Trinajstić information content (AvgIpc) is 2.03. The average molecular weight is 203 g/mol. The van der Waals surface area contributed by atoms with Crippen LogP contribution in [0.25, 0.3) is 0 Å². The van der Waals surface area contributed by atoms with Crippen molar-refractivity contribution in [2.75, 3.05) is 13.2 Å². The molecule has 0 unspecified atom stereocenters. The molecule has 0 heterocycles. The Balaban J connectivity index is 3.91. The van der Waals surface area contributed by atoms with Gasteiger partial charge in [-0.05, 0) is 34.1 Å². The second-order valence-electron chi connectivity index (χ2n) is 4.75. The number of rotatable bonds is 6. The largest absolute Gasteiger partial charge is 0.481 e. The molecule has 0 rings (SSSR count). The molecule has 3 N–H and O–H groups in total. The fourth-order valence-corrected chi connectivity index (χ4v) is 0.748. The van der Waals surface area contributed by atoms with E-state index in [2.05, 4.69) is 0 Å². The summed E-state index contributed by atoms with van der Waals surface area (Å²) in [7, 11) is 0. The van der Waals surface area contributed by atoms with Crippen LogP contribution in [-0.4, -0.2) is 29.8 Å². The zero-order valence-electron chi connectivity index (χ0n) is 9.46. The van der Waals surface area contributed by atoms with Gasteiger partial charge < -0.3 is 15.6 Å². The number of nitrogens with two attached hydrogens (primary N) is 1. The van der Waals surface area contributed by atoms with E-state index in [4.69, 9.17) is 15.6 Å². The van der Waals surface area contributed by atoms with Crippen LogP contribution in [0.5, 0.6) is 0 Å². The molecule has 0 saturated carbocycles. The fraction of sp³-hybridized carbons (Fsp3) is 0.900. The Morgan fingerprint density at radius 1 is 1.36 bits per heavy atom. The van der Waals surface area contributed by atoms with E-state index in [1.807, 2.05) is 13.8 Å². The quantitative estimate of drug-likeness (QED) is 0.681. The summed E-state index contributed by atoms with van der Waals surface area (Å²) in [4.78, 5) is 10.8. The van der Waals surface area contributed by atoms with E-state index in [1.54, 1.807) is 13.8 Å². The van der Waals surface area contributed by atoms with E-state index < -0.39 is 11.4 Å². The van der Waals surface area contributed by atoms with Gasteiger partial charge in [-0.2, -0.15) is 0 Å². The summed E-state index contributed by atoms with van der Waals surface area (Å²) in [5, 5.41) is 8.85. The molecule has 0 aliphatic carbocycles. The van der Waals surface area contributed by atoms with Crippen molar-refractivity contribution in [2.45, 2.75) is 39.7 Å². The van der Waals surface area contributed by atoms with Crippen LogP contribution >= 0.6 is 0 Å². The molecule has 0 amide bonds. The summed E-state index contributed by atoms with van der Waals surface area (Å²) in [6.07, 6.45) is 0.492. The lowest BCUT2D eigenvalue weighted by atomic mass is 9.90. The topological polar surface area (TPSA) is 72.5 Å². The number of hydrogen-bond acceptors (Lipinski definition) is 3. The fourth-order valence-electron chi connectivity index (χ4n) is 0.748. The second kappa shape index (κ2) is 4.75. The Kier molecular flexibility index (Phi) is 4.55. The molecule has 0 aliphatic rings. The SMILES string of the molecule is CC(C)(CN)OCCC(C)(C)C(=O)O. The van der Waals surface area contributed by atoms with Gasteiger partial charge in [0.2, 0.25) is 0 Å². The Morgan fingerprint density at radius 2 is 1.86 bits per heavy atom. The molecule has 4 nitrogen and oxygen atoms in total. The Labute approximate surface area is 85.4 Å². The molecule has 0 spiro atoms. The minimum absolute atomic E-state index is 0.366. The molecular weight excluding hydrogens is 182 g/mol. The first-order valence-corrected chi connectivity index (χ1v) is 4.79. The van der Waals surface area contributed by atoms with Crippen molar-refractivity contribution < 1.29 is 14.6 Å². The van der Waals surface area contributed by atoms with Crippen molar-refractivity contribution in [1.29, 1.82) is 0 Å². The van der Waals surface area contributed by atoms with Crippen molar-refractivity contribution in [3.63, 3.8) is 0 Å². The smallest absolute Gasteiger partial charge is 0.309 e. The molecule has 0 radical (unpaired) electrons. The van der Waals surface area contributed by atoms with Gasteiger partial charge in [0.1, 0.15) is 0 Å². The lowest BCUT2D eigenvalue weighted by Gasteiger charge is -2.26. The minimum atomic E-state index is -0.799. The van der Waals surface area contributed by atoms with E-state index >= 15 is 0 Å². The van der Waals surface area contributed by atoms with Crippen LogP contribution in [0.3, 0.4) is 0 Å². The van der Waals surface area contributed by atoms with Crippen LogP contribution in [0.1, 0.15) is 34.1 Å². The normalized spacial score (nSPS) is 12.9. The van der Waals surface area contributed by atoms with E-state index in [-0.39, 0.29) is 5.60 Å². The van der Waals surface area contributed by atoms with Gasteiger partial charge in [-0.15, -0.1) is 0 Å². The maximum absolute atomic E-state index is 10.8. The lowest BCUT2D eigenvalue weighted by Crippen LogP contribution is -2.36. The third-order valence-corrected chi connectivity index (χ3v) is 2.29. The maximum Gasteiger partial charge on any atom is 0.309 e. The van der Waals surface area contributed by atoms with Gasteiger partial charge >= 0.3 is 5.97 Å². The van der Waals surface area contributed by atoms with E-state index in [1.165, 1.54) is 0 Å². The number of carboxylic acid groups (broad SMARTS) is 1. The number of carbonyl (C=O) groups is 1. The zero-order valence-corrected chi connectivity index (χ0v) is 9.46. The van der Waals surface area contributed by atoms with Crippen molar-refractivity contribution in [3.05, 3.63) is 0 Å². The first-order chi connectivity index (χ1) is 6.21. The summed E-state index contributed by atoms with van der Waals surface area (Å²) >= 11 is 0. The van der Waals surface area contributed by atoms with Gasteiger partial charge in [0, 0.05) is 13.2 Å². The van der Waals surface area contributed by atoms with Gasteiger partial charge in [0.05, 0.1) is 11.0 Å². The first-order valence-electron chi connectivity index (χ1n) is 4.79. The van der Waals surface area contributed by atoms with E-state index in [0.717, 1.165) is 0 Å². The highest BCUT2D eigenvalue weighted by atomic mass is 16.5. The second-order valence-corrected chi connectivity index (χ2v) is 4.75. The van der Waals surface area contributed by atoms with Gasteiger partial charge in [-0.1, -0.05) is 0 Å². The molecule has 14 heavy (non-hydrogen) atoms. The Hall–Kier alpha value is -0.610. The van der Waals surface area contributed by atoms with E-state index in [0.29, 0.717) is 19.6 Å². The minimum Gasteiger partial charge on any atom is -0.481 e. The first kappa shape index (κ1) is 13.4. The standard InChI is InChI=1S/C10H21NO3/c1-9(2,8(12)13)5-6-14-10(3,4)7-11/h5-7,11H2,1-4H3,(H,12,13). The molecule has 84 valence electrons. The van der Waals surface area contributed by atoms with Gasteiger partial charge in [-0.25, -0.2) is 0 Å². The van der Waals surface area contributed by atoms with Crippen LogP contribution in [0.2, 0.25) is 0 Å². The van der Waals surface area contributed by atoms with Crippen molar-refractivity contribution in [2.24, 2.45) is 11.1 Å². The predicted octanol–water partition coefficient (Wildman–Crippen LogP) is 1.24. The van der Waals surface area contributed by atoms with Crippen molar-refractivity contribution >= 4 is 5.97 Å². The van der Waals surface area contributed by atoms with Crippen molar-refractivity contribution in [1.82, 2.24) is 0 Å². The monoisotopic (exact) mass is 203 g/mol. The summed E-state index contributed by atoms with van der Waals surface area (Å²) in [5.74, 6) is -0.799. The van der Waals surface area contributed by atoms with Crippen LogP contribution < -0.4 is 5.73 Å². The predicted molar refractivity (Wildman–Crippen MR) is 55.1 cm³/mol. The Morgan fingerprint density at radius 3 is 2.21 bits per heavy atom. The summed E-state index contributed by atoms with van der Waals surface area (Å²) in [5.41, 5.74) is 4.38. The zero-order chi connectivity index (χ0) is 11.4. The van der Waals surface area contributed by atoms with Crippen LogP contribution in [0.15, 0.2) is 0 Å². The maximum atomic E-state index is 10.8. The number of ether oxygens (including phenoxy) is 1. The molecule has 0 fully saturated rings.